The van der Waals surface area contributed by atoms with E-state index in [4.69, 9.17) is 9.84 Å². The number of nitrogens with zero attached hydrogens (tertiary/aromatic N) is 1. The van der Waals surface area contributed by atoms with E-state index in [9.17, 15) is 14.4 Å². The van der Waals surface area contributed by atoms with Crippen LogP contribution in [0.15, 0.2) is 0 Å². The van der Waals surface area contributed by atoms with Gasteiger partial charge in [0.2, 0.25) is 5.91 Å². The third-order valence-corrected chi connectivity index (χ3v) is 2.82. The van der Waals surface area contributed by atoms with Crippen LogP contribution in [-0.2, 0) is 19.1 Å². The minimum Gasteiger partial charge on any atom is -0.481 e. The fourth-order valence-corrected chi connectivity index (χ4v) is 1.88. The molecule has 0 atom stereocenters. The lowest BCUT2D eigenvalue weighted by Gasteiger charge is -2.20. The van der Waals surface area contributed by atoms with Gasteiger partial charge in [-0.2, -0.15) is 0 Å². The number of carbonyl (C=O) groups excluding carboxylic acids is 2. The number of hydrogen-bond donors (Lipinski definition) is 1. The van der Waals surface area contributed by atoms with E-state index in [1.807, 2.05) is 6.92 Å². The lowest BCUT2D eigenvalue weighted by atomic mass is 10.4. The van der Waals surface area contributed by atoms with Crippen LogP contribution in [0, 0.1) is 0 Å². The Morgan fingerprint density at radius 1 is 1.22 bits per heavy atom. The van der Waals surface area contributed by atoms with Gasteiger partial charge in [-0.3, -0.25) is 14.4 Å². The molecule has 0 unspecified atom stereocenters. The van der Waals surface area contributed by atoms with Gasteiger partial charge in [0, 0.05) is 6.54 Å². The molecule has 0 aromatic carbocycles. The van der Waals surface area contributed by atoms with Gasteiger partial charge in [-0.15, -0.1) is 11.8 Å². The van der Waals surface area contributed by atoms with E-state index in [-0.39, 0.29) is 30.6 Å². The van der Waals surface area contributed by atoms with E-state index < -0.39 is 11.9 Å². The molecular weight excluding hydrogens is 258 g/mol. The molecule has 0 aliphatic heterocycles. The number of amides is 1. The molecule has 104 valence electrons. The molecule has 0 radical (unpaired) electrons. The van der Waals surface area contributed by atoms with Crippen LogP contribution < -0.4 is 0 Å². The Balaban J connectivity index is 4.17. The van der Waals surface area contributed by atoms with Crippen LogP contribution in [0.1, 0.15) is 20.3 Å². The van der Waals surface area contributed by atoms with Gasteiger partial charge < -0.3 is 14.7 Å². The van der Waals surface area contributed by atoms with Gasteiger partial charge in [0.15, 0.2) is 0 Å². The molecule has 0 rings (SSSR count). The lowest BCUT2D eigenvalue weighted by Crippen LogP contribution is -2.38. The van der Waals surface area contributed by atoms with Crippen LogP contribution in [0.5, 0.6) is 0 Å². The first-order valence-corrected chi connectivity index (χ1v) is 6.89. The molecule has 0 spiro atoms. The van der Waals surface area contributed by atoms with Gasteiger partial charge >= 0.3 is 11.9 Å². The predicted octanol–water partition coefficient (Wildman–Crippen LogP) is 0.606. The molecule has 0 aromatic heterocycles. The van der Waals surface area contributed by atoms with Crippen molar-refractivity contribution in [2.24, 2.45) is 0 Å². The molecule has 18 heavy (non-hydrogen) atoms. The van der Waals surface area contributed by atoms with Crippen LogP contribution in [0.4, 0.5) is 0 Å². The van der Waals surface area contributed by atoms with Crippen molar-refractivity contribution in [1.82, 2.24) is 4.90 Å². The number of hydrogen-bond acceptors (Lipinski definition) is 5. The maximum atomic E-state index is 11.8. The quantitative estimate of drug-likeness (QED) is 0.621. The first kappa shape index (κ1) is 16.8. The van der Waals surface area contributed by atoms with E-state index in [1.54, 1.807) is 6.92 Å². The zero-order valence-electron chi connectivity index (χ0n) is 10.7. The highest BCUT2D eigenvalue weighted by Crippen LogP contribution is 2.04. The molecular formula is C11H19NO5S. The summed E-state index contributed by atoms with van der Waals surface area (Å²) in [7, 11) is 0. The average Bonchev–Trinajstić information content (AvgIpc) is 2.28. The van der Waals surface area contributed by atoms with Gasteiger partial charge in [0.25, 0.3) is 0 Å². The summed E-state index contributed by atoms with van der Waals surface area (Å²) < 4.78 is 4.78. The van der Waals surface area contributed by atoms with Gasteiger partial charge in [-0.1, -0.05) is 6.92 Å². The highest BCUT2D eigenvalue weighted by Gasteiger charge is 2.17. The number of carboxylic acid groups (broad SMARTS) is 1. The molecule has 0 saturated heterocycles. The Kier molecular flexibility index (Phi) is 9.08. The summed E-state index contributed by atoms with van der Waals surface area (Å²) >= 11 is 1.02. The van der Waals surface area contributed by atoms with Crippen LogP contribution >= 0.6 is 11.8 Å². The van der Waals surface area contributed by atoms with E-state index >= 15 is 0 Å². The van der Waals surface area contributed by atoms with Crippen LogP contribution in [-0.4, -0.2) is 59.1 Å². The lowest BCUT2D eigenvalue weighted by molar-refractivity contribution is -0.148. The predicted molar refractivity (Wildman–Crippen MR) is 68.5 cm³/mol. The summed E-state index contributed by atoms with van der Waals surface area (Å²) in [5.41, 5.74) is 0. The summed E-state index contributed by atoms with van der Waals surface area (Å²) in [6, 6.07) is 0. The van der Waals surface area contributed by atoms with Crippen LogP contribution in [0.25, 0.3) is 0 Å². The molecule has 0 heterocycles. The number of thioether (sulfide) groups is 1. The maximum Gasteiger partial charge on any atom is 0.325 e. The van der Waals surface area contributed by atoms with Crippen molar-refractivity contribution >= 4 is 29.6 Å². The largest absolute Gasteiger partial charge is 0.481 e. The summed E-state index contributed by atoms with van der Waals surface area (Å²) in [5.74, 6) is -1.70. The Hall–Kier alpha value is -1.24. The molecule has 1 amide bonds. The Bertz CT molecular complexity index is 295. The average molecular weight is 277 g/mol. The monoisotopic (exact) mass is 277 g/mol. The summed E-state index contributed by atoms with van der Waals surface area (Å²) in [5, 5.41) is 8.46. The molecule has 7 heteroatoms. The van der Waals surface area contributed by atoms with Crippen LogP contribution in [0.2, 0.25) is 0 Å². The highest BCUT2D eigenvalue weighted by atomic mass is 32.2. The van der Waals surface area contributed by atoms with Crippen molar-refractivity contribution in [3.63, 3.8) is 0 Å². The SMILES string of the molecule is CCCN(CC(=O)OCC)C(=O)CSCC(=O)O. The molecule has 0 aliphatic carbocycles. The Morgan fingerprint density at radius 2 is 1.89 bits per heavy atom. The van der Waals surface area contributed by atoms with Crippen molar-refractivity contribution in [3.8, 4) is 0 Å². The Labute approximate surface area is 111 Å². The summed E-state index contributed by atoms with van der Waals surface area (Å²) in [4.78, 5) is 34.8. The van der Waals surface area contributed by atoms with Gasteiger partial charge in [0.05, 0.1) is 18.1 Å². The van der Waals surface area contributed by atoms with Crippen molar-refractivity contribution in [3.05, 3.63) is 0 Å². The number of aliphatic carboxylic acids is 1. The van der Waals surface area contributed by atoms with Gasteiger partial charge in [-0.05, 0) is 13.3 Å². The number of esters is 1. The second kappa shape index (κ2) is 9.76. The maximum absolute atomic E-state index is 11.8. The Morgan fingerprint density at radius 3 is 2.39 bits per heavy atom. The topological polar surface area (TPSA) is 83.9 Å². The van der Waals surface area contributed by atoms with Gasteiger partial charge in [0.1, 0.15) is 6.54 Å². The van der Waals surface area contributed by atoms with Crippen molar-refractivity contribution in [2.75, 3.05) is 31.2 Å². The standard InChI is InChI=1S/C11H19NO5S/c1-3-5-12(6-11(16)17-4-2)9(13)7-18-8-10(14)15/h3-8H2,1-2H3,(H,14,15). The highest BCUT2D eigenvalue weighted by molar-refractivity contribution is 8.00. The first-order chi connectivity index (χ1) is 8.51. The molecule has 0 aromatic rings. The molecule has 0 aliphatic rings. The third kappa shape index (κ3) is 7.94. The fourth-order valence-electron chi connectivity index (χ4n) is 1.24. The molecule has 0 saturated carbocycles. The zero-order chi connectivity index (χ0) is 14.0. The third-order valence-electron chi connectivity index (χ3n) is 1.92. The van der Waals surface area contributed by atoms with Crippen LogP contribution in [0.3, 0.4) is 0 Å². The van der Waals surface area contributed by atoms with E-state index in [2.05, 4.69) is 0 Å². The molecule has 6 nitrogen and oxygen atoms in total. The smallest absolute Gasteiger partial charge is 0.325 e. The summed E-state index contributed by atoms with van der Waals surface area (Å²) in [6.07, 6.45) is 0.731. The number of rotatable bonds is 9. The molecule has 0 fully saturated rings. The number of ether oxygens (including phenoxy) is 1. The first-order valence-electron chi connectivity index (χ1n) is 5.74. The van der Waals surface area contributed by atoms with E-state index in [1.165, 1.54) is 4.90 Å². The minimum absolute atomic E-state index is 0.0612. The second-order valence-electron chi connectivity index (χ2n) is 3.51. The van der Waals surface area contributed by atoms with Gasteiger partial charge in [-0.25, -0.2) is 0 Å². The second-order valence-corrected chi connectivity index (χ2v) is 4.49. The van der Waals surface area contributed by atoms with Crippen molar-refractivity contribution in [2.45, 2.75) is 20.3 Å². The fraction of sp³-hybridized carbons (Fsp3) is 0.727. The van der Waals surface area contributed by atoms with E-state index in [0.29, 0.717) is 6.54 Å². The normalized spacial score (nSPS) is 9.89. The minimum atomic E-state index is -0.958. The molecule has 1 N–H and O–H groups in total. The zero-order valence-corrected chi connectivity index (χ0v) is 11.5. The number of carboxylic acids is 1. The number of carbonyl (C=O) groups is 3. The van der Waals surface area contributed by atoms with Crippen molar-refractivity contribution in [1.29, 1.82) is 0 Å². The van der Waals surface area contributed by atoms with Crippen molar-refractivity contribution < 1.29 is 24.2 Å². The summed E-state index contributed by atoms with van der Waals surface area (Å²) in [6.45, 7) is 4.27. The molecule has 0 bridgehead atoms. The van der Waals surface area contributed by atoms with E-state index in [0.717, 1.165) is 18.2 Å².